The number of nitrogens with one attached hydrogen (secondary N) is 1. The molecule has 3 N–H and O–H groups in total. The number of hydrogen-bond acceptors (Lipinski definition) is 4. The van der Waals surface area contributed by atoms with Crippen LogP contribution in [0.2, 0.25) is 0 Å². The summed E-state index contributed by atoms with van der Waals surface area (Å²) in [5, 5.41) is 2.67. The third-order valence-electron chi connectivity index (χ3n) is 1.54. The molecule has 0 saturated carbocycles. The van der Waals surface area contributed by atoms with Crippen molar-refractivity contribution in [2.75, 3.05) is 26.9 Å². The van der Waals surface area contributed by atoms with Gasteiger partial charge in [-0.2, -0.15) is 0 Å². The van der Waals surface area contributed by atoms with Gasteiger partial charge in [0.2, 0.25) is 5.91 Å². The first-order valence-electron chi connectivity index (χ1n) is 4.47. The Bertz CT molecular complexity index is 173. The molecule has 0 spiro atoms. The molecule has 0 aromatic heterocycles. The number of ether oxygens (including phenoxy) is 2. The summed E-state index contributed by atoms with van der Waals surface area (Å²) in [7, 11) is 1.51. The molecule has 0 aromatic rings. The highest BCUT2D eigenvalue weighted by atomic mass is 16.5. The quantitative estimate of drug-likeness (QED) is 0.416. The Morgan fingerprint density at radius 2 is 2.43 bits per heavy atom. The fourth-order valence-corrected chi connectivity index (χ4v) is 0.837. The van der Waals surface area contributed by atoms with Gasteiger partial charge in [-0.15, -0.1) is 0 Å². The smallest absolute Gasteiger partial charge is 0.239 e. The normalized spacial score (nSPS) is 11.9. The van der Waals surface area contributed by atoms with E-state index < -0.39 is 6.04 Å². The molecule has 0 aliphatic heterocycles. The standard InChI is InChI=1S/C9H18N2O3/c1-3-14-6-4-5-11-9(12)8(10)7-13-2/h3,8H,1,4-7,10H2,2H3,(H,11,12). The van der Waals surface area contributed by atoms with Crippen molar-refractivity contribution in [1.29, 1.82) is 0 Å². The maximum absolute atomic E-state index is 11.2. The van der Waals surface area contributed by atoms with E-state index in [1.54, 1.807) is 0 Å². The first-order chi connectivity index (χ1) is 6.72. The lowest BCUT2D eigenvalue weighted by Gasteiger charge is -2.10. The summed E-state index contributed by atoms with van der Waals surface area (Å²) in [5.74, 6) is -0.203. The summed E-state index contributed by atoms with van der Waals surface area (Å²) in [5.41, 5.74) is 5.48. The highest BCUT2D eigenvalue weighted by molar-refractivity contribution is 5.81. The average Bonchev–Trinajstić information content (AvgIpc) is 2.17. The third kappa shape index (κ3) is 6.45. The van der Waals surface area contributed by atoms with Crippen LogP contribution in [-0.4, -0.2) is 38.8 Å². The molecule has 0 rings (SSSR count). The number of amides is 1. The lowest BCUT2D eigenvalue weighted by atomic mass is 10.3. The van der Waals surface area contributed by atoms with Crippen molar-refractivity contribution in [2.45, 2.75) is 12.5 Å². The van der Waals surface area contributed by atoms with Crippen LogP contribution < -0.4 is 11.1 Å². The summed E-state index contributed by atoms with van der Waals surface area (Å²) < 4.78 is 9.63. The molecule has 1 amide bonds. The second-order valence-electron chi connectivity index (χ2n) is 2.74. The lowest BCUT2D eigenvalue weighted by molar-refractivity contribution is -0.123. The maximum atomic E-state index is 11.2. The number of nitrogens with two attached hydrogens (primary N) is 1. The highest BCUT2D eigenvalue weighted by Crippen LogP contribution is 1.83. The van der Waals surface area contributed by atoms with E-state index in [4.69, 9.17) is 15.2 Å². The van der Waals surface area contributed by atoms with Crippen LogP contribution in [0.3, 0.4) is 0 Å². The number of hydrogen-bond donors (Lipinski definition) is 2. The summed E-state index contributed by atoms with van der Waals surface area (Å²) in [4.78, 5) is 11.2. The SMILES string of the molecule is C=COCCCNC(=O)C(N)COC. The van der Waals surface area contributed by atoms with Crippen molar-refractivity contribution < 1.29 is 14.3 Å². The van der Waals surface area contributed by atoms with Crippen LogP contribution in [0.1, 0.15) is 6.42 Å². The van der Waals surface area contributed by atoms with Crippen LogP contribution >= 0.6 is 0 Å². The van der Waals surface area contributed by atoms with Crippen LogP contribution in [0.5, 0.6) is 0 Å². The third-order valence-corrected chi connectivity index (χ3v) is 1.54. The van der Waals surface area contributed by atoms with E-state index in [0.29, 0.717) is 13.2 Å². The van der Waals surface area contributed by atoms with E-state index in [1.807, 2.05) is 0 Å². The first kappa shape index (κ1) is 12.9. The molecule has 5 nitrogen and oxygen atoms in total. The number of methoxy groups -OCH3 is 1. The van der Waals surface area contributed by atoms with Crippen molar-refractivity contribution >= 4 is 5.91 Å². The Kier molecular flexibility index (Phi) is 7.87. The molecule has 1 unspecified atom stereocenters. The minimum atomic E-state index is -0.597. The molecule has 1 atom stereocenters. The van der Waals surface area contributed by atoms with Crippen LogP contribution in [0.4, 0.5) is 0 Å². The van der Waals surface area contributed by atoms with Crippen LogP contribution in [0.25, 0.3) is 0 Å². The molecule has 5 heteroatoms. The minimum Gasteiger partial charge on any atom is -0.502 e. The number of carbonyl (C=O) groups is 1. The van der Waals surface area contributed by atoms with Crippen LogP contribution in [0, 0.1) is 0 Å². The molecular weight excluding hydrogens is 184 g/mol. The van der Waals surface area contributed by atoms with Crippen molar-refractivity contribution in [1.82, 2.24) is 5.32 Å². The van der Waals surface area contributed by atoms with Crippen molar-refractivity contribution in [3.05, 3.63) is 12.8 Å². The topological polar surface area (TPSA) is 73.6 Å². The fourth-order valence-electron chi connectivity index (χ4n) is 0.837. The van der Waals surface area contributed by atoms with Gasteiger partial charge in [0.1, 0.15) is 6.04 Å². The van der Waals surface area contributed by atoms with E-state index in [-0.39, 0.29) is 12.5 Å². The van der Waals surface area contributed by atoms with Gasteiger partial charge in [-0.1, -0.05) is 6.58 Å². The van der Waals surface area contributed by atoms with Crippen molar-refractivity contribution in [3.8, 4) is 0 Å². The zero-order valence-corrected chi connectivity index (χ0v) is 8.49. The molecule has 0 aliphatic carbocycles. The van der Waals surface area contributed by atoms with E-state index in [2.05, 4.69) is 11.9 Å². The molecular formula is C9H18N2O3. The van der Waals surface area contributed by atoms with Gasteiger partial charge < -0.3 is 20.5 Å². The van der Waals surface area contributed by atoms with Crippen molar-refractivity contribution in [3.63, 3.8) is 0 Å². The molecule has 0 radical (unpaired) electrons. The van der Waals surface area contributed by atoms with E-state index in [1.165, 1.54) is 13.4 Å². The van der Waals surface area contributed by atoms with E-state index in [9.17, 15) is 4.79 Å². The molecule has 14 heavy (non-hydrogen) atoms. The molecule has 0 saturated heterocycles. The summed E-state index contributed by atoms with van der Waals surface area (Å²) >= 11 is 0. The predicted molar refractivity (Wildman–Crippen MR) is 53.6 cm³/mol. The van der Waals surface area contributed by atoms with Gasteiger partial charge in [-0.05, 0) is 6.42 Å². The lowest BCUT2D eigenvalue weighted by Crippen LogP contribution is -2.43. The van der Waals surface area contributed by atoms with Gasteiger partial charge in [-0.3, -0.25) is 4.79 Å². The Morgan fingerprint density at radius 3 is 3.00 bits per heavy atom. The second kappa shape index (κ2) is 8.52. The van der Waals surface area contributed by atoms with E-state index >= 15 is 0 Å². The molecule has 0 aliphatic rings. The Labute approximate surface area is 84.2 Å². The Balaban J connectivity index is 3.38. The van der Waals surface area contributed by atoms with Gasteiger partial charge in [-0.25, -0.2) is 0 Å². The van der Waals surface area contributed by atoms with Crippen LogP contribution in [0.15, 0.2) is 12.8 Å². The maximum Gasteiger partial charge on any atom is 0.239 e. The molecule has 82 valence electrons. The number of rotatable bonds is 8. The Hall–Kier alpha value is -1.07. The minimum absolute atomic E-state index is 0.203. The second-order valence-corrected chi connectivity index (χ2v) is 2.74. The highest BCUT2D eigenvalue weighted by Gasteiger charge is 2.11. The zero-order valence-electron chi connectivity index (χ0n) is 8.49. The predicted octanol–water partition coefficient (Wildman–Crippen LogP) is -0.373. The first-order valence-corrected chi connectivity index (χ1v) is 4.47. The van der Waals surface area contributed by atoms with Crippen molar-refractivity contribution in [2.24, 2.45) is 5.73 Å². The molecule has 0 fully saturated rings. The number of carbonyl (C=O) groups excluding carboxylic acids is 1. The largest absolute Gasteiger partial charge is 0.502 e. The van der Waals surface area contributed by atoms with E-state index in [0.717, 1.165) is 6.42 Å². The summed E-state index contributed by atoms with van der Waals surface area (Å²) in [6, 6.07) is -0.597. The summed E-state index contributed by atoms with van der Waals surface area (Å²) in [6.45, 7) is 4.72. The molecule has 0 aromatic carbocycles. The van der Waals surface area contributed by atoms with Gasteiger partial charge in [0, 0.05) is 13.7 Å². The van der Waals surface area contributed by atoms with Gasteiger partial charge in [0.05, 0.1) is 19.5 Å². The monoisotopic (exact) mass is 202 g/mol. The summed E-state index contributed by atoms with van der Waals surface area (Å²) in [6.07, 6.45) is 2.11. The molecule has 0 bridgehead atoms. The fraction of sp³-hybridized carbons (Fsp3) is 0.667. The Morgan fingerprint density at radius 1 is 1.71 bits per heavy atom. The molecule has 0 heterocycles. The zero-order chi connectivity index (χ0) is 10.8. The van der Waals surface area contributed by atoms with Crippen LogP contribution in [-0.2, 0) is 14.3 Å². The van der Waals surface area contributed by atoms with Gasteiger partial charge >= 0.3 is 0 Å². The van der Waals surface area contributed by atoms with Gasteiger partial charge in [0.25, 0.3) is 0 Å². The average molecular weight is 202 g/mol. The van der Waals surface area contributed by atoms with Gasteiger partial charge in [0.15, 0.2) is 0 Å².